The lowest BCUT2D eigenvalue weighted by Crippen LogP contribution is -2.32. The first-order valence-electron chi connectivity index (χ1n) is 5.58. The first-order chi connectivity index (χ1) is 6.20. The number of hydrogen-bond donors (Lipinski definition) is 2. The van der Waals surface area contributed by atoms with Crippen molar-refractivity contribution in [3.63, 3.8) is 0 Å². The van der Waals surface area contributed by atoms with Crippen LogP contribution in [0.1, 0.15) is 40.0 Å². The fraction of sp³-hybridized carbons (Fsp3) is 1.00. The van der Waals surface area contributed by atoms with Gasteiger partial charge in [-0.3, -0.25) is 0 Å². The summed E-state index contributed by atoms with van der Waals surface area (Å²) in [5, 5.41) is 6.79. The second-order valence-corrected chi connectivity index (χ2v) is 4.13. The molecule has 0 aliphatic heterocycles. The molecule has 0 radical (unpaired) electrons. The molecule has 80 valence electrons. The van der Waals surface area contributed by atoms with Crippen LogP contribution < -0.4 is 10.6 Å². The summed E-state index contributed by atoms with van der Waals surface area (Å²) < 4.78 is 0. The van der Waals surface area contributed by atoms with E-state index in [1.54, 1.807) is 0 Å². The third-order valence-electron chi connectivity index (χ3n) is 2.39. The standard InChI is InChI=1S/C11H26N2/c1-5-11(7-8-12-4)13-9-6-10(2)3/h10-13H,5-9H2,1-4H3. The van der Waals surface area contributed by atoms with Crippen LogP contribution in [0.4, 0.5) is 0 Å². The van der Waals surface area contributed by atoms with Crippen LogP contribution in [0.2, 0.25) is 0 Å². The van der Waals surface area contributed by atoms with Crippen LogP contribution in [0.3, 0.4) is 0 Å². The van der Waals surface area contributed by atoms with E-state index < -0.39 is 0 Å². The SMILES string of the molecule is CCC(CCNC)NCCC(C)C. The molecule has 13 heavy (non-hydrogen) atoms. The Morgan fingerprint density at radius 2 is 1.77 bits per heavy atom. The molecule has 0 bridgehead atoms. The molecule has 0 heterocycles. The lowest BCUT2D eigenvalue weighted by Gasteiger charge is -2.17. The van der Waals surface area contributed by atoms with Crippen molar-refractivity contribution in [1.82, 2.24) is 10.6 Å². The maximum Gasteiger partial charge on any atom is 0.00765 e. The van der Waals surface area contributed by atoms with Gasteiger partial charge in [-0.15, -0.1) is 0 Å². The van der Waals surface area contributed by atoms with E-state index in [2.05, 4.69) is 31.4 Å². The van der Waals surface area contributed by atoms with Crippen molar-refractivity contribution in [3.8, 4) is 0 Å². The average Bonchev–Trinajstić information content (AvgIpc) is 2.10. The molecule has 0 saturated carbocycles. The Balaban J connectivity index is 3.36. The van der Waals surface area contributed by atoms with Crippen LogP contribution >= 0.6 is 0 Å². The van der Waals surface area contributed by atoms with E-state index in [1.807, 2.05) is 7.05 Å². The average molecular weight is 186 g/mol. The monoisotopic (exact) mass is 186 g/mol. The molecule has 0 aromatic heterocycles. The van der Waals surface area contributed by atoms with Crippen molar-refractivity contribution >= 4 is 0 Å². The molecule has 0 rings (SSSR count). The second kappa shape index (κ2) is 8.52. The third kappa shape index (κ3) is 8.26. The fourth-order valence-corrected chi connectivity index (χ4v) is 1.35. The third-order valence-corrected chi connectivity index (χ3v) is 2.39. The molecule has 0 spiro atoms. The molecule has 0 aliphatic carbocycles. The number of rotatable bonds is 8. The zero-order chi connectivity index (χ0) is 10.1. The highest BCUT2D eigenvalue weighted by Crippen LogP contribution is 2.00. The summed E-state index contributed by atoms with van der Waals surface area (Å²) in [6.45, 7) is 9.09. The molecular formula is C11H26N2. The first kappa shape index (κ1) is 12.9. The topological polar surface area (TPSA) is 24.1 Å². The van der Waals surface area contributed by atoms with Crippen LogP contribution in [-0.2, 0) is 0 Å². The van der Waals surface area contributed by atoms with Gasteiger partial charge in [0.05, 0.1) is 0 Å². The van der Waals surface area contributed by atoms with Crippen LogP contribution in [0.25, 0.3) is 0 Å². The molecule has 0 aromatic carbocycles. The minimum Gasteiger partial charge on any atom is -0.320 e. The van der Waals surface area contributed by atoms with Crippen molar-refractivity contribution in [2.75, 3.05) is 20.1 Å². The van der Waals surface area contributed by atoms with Gasteiger partial charge >= 0.3 is 0 Å². The van der Waals surface area contributed by atoms with Gasteiger partial charge in [0.15, 0.2) is 0 Å². The Hall–Kier alpha value is -0.0800. The van der Waals surface area contributed by atoms with Gasteiger partial charge in [-0.2, -0.15) is 0 Å². The Morgan fingerprint density at radius 3 is 2.23 bits per heavy atom. The van der Waals surface area contributed by atoms with E-state index in [-0.39, 0.29) is 0 Å². The molecule has 0 amide bonds. The zero-order valence-corrected chi connectivity index (χ0v) is 9.69. The maximum absolute atomic E-state index is 3.60. The predicted molar refractivity (Wildman–Crippen MR) is 60.1 cm³/mol. The molecule has 0 fully saturated rings. The van der Waals surface area contributed by atoms with Gasteiger partial charge < -0.3 is 10.6 Å². The zero-order valence-electron chi connectivity index (χ0n) is 9.69. The second-order valence-electron chi connectivity index (χ2n) is 4.13. The minimum absolute atomic E-state index is 0.700. The van der Waals surface area contributed by atoms with Crippen LogP contribution in [0.5, 0.6) is 0 Å². The number of hydrogen-bond acceptors (Lipinski definition) is 2. The van der Waals surface area contributed by atoms with Crippen molar-refractivity contribution in [3.05, 3.63) is 0 Å². The summed E-state index contributed by atoms with van der Waals surface area (Å²) in [7, 11) is 2.01. The highest BCUT2D eigenvalue weighted by atomic mass is 14.9. The largest absolute Gasteiger partial charge is 0.320 e. The molecule has 0 saturated heterocycles. The molecule has 2 nitrogen and oxygen atoms in total. The Bertz CT molecular complexity index is 102. The number of nitrogens with one attached hydrogen (secondary N) is 2. The molecule has 1 atom stereocenters. The molecule has 0 aliphatic rings. The smallest absolute Gasteiger partial charge is 0.00765 e. The molecule has 2 heteroatoms. The van der Waals surface area contributed by atoms with E-state index in [4.69, 9.17) is 0 Å². The van der Waals surface area contributed by atoms with E-state index in [0.29, 0.717) is 6.04 Å². The lowest BCUT2D eigenvalue weighted by molar-refractivity contribution is 0.434. The van der Waals surface area contributed by atoms with E-state index in [9.17, 15) is 0 Å². The van der Waals surface area contributed by atoms with Gasteiger partial charge in [-0.05, 0) is 45.3 Å². The van der Waals surface area contributed by atoms with Gasteiger partial charge in [0.1, 0.15) is 0 Å². The van der Waals surface area contributed by atoms with Gasteiger partial charge in [0.2, 0.25) is 0 Å². The van der Waals surface area contributed by atoms with Gasteiger partial charge in [0, 0.05) is 6.04 Å². The van der Waals surface area contributed by atoms with E-state index >= 15 is 0 Å². The van der Waals surface area contributed by atoms with Gasteiger partial charge in [0.25, 0.3) is 0 Å². The van der Waals surface area contributed by atoms with Crippen LogP contribution in [0, 0.1) is 5.92 Å². The highest BCUT2D eigenvalue weighted by molar-refractivity contribution is 4.66. The minimum atomic E-state index is 0.700. The predicted octanol–water partition coefficient (Wildman–Crippen LogP) is 2.01. The van der Waals surface area contributed by atoms with Gasteiger partial charge in [-0.1, -0.05) is 20.8 Å². The van der Waals surface area contributed by atoms with Crippen molar-refractivity contribution in [2.24, 2.45) is 5.92 Å². The Labute approximate surface area is 83.5 Å². The van der Waals surface area contributed by atoms with Crippen molar-refractivity contribution in [1.29, 1.82) is 0 Å². The first-order valence-corrected chi connectivity index (χ1v) is 5.58. The van der Waals surface area contributed by atoms with Crippen molar-refractivity contribution < 1.29 is 0 Å². The summed E-state index contributed by atoms with van der Waals surface area (Å²) >= 11 is 0. The molecule has 2 N–H and O–H groups in total. The Morgan fingerprint density at radius 1 is 1.08 bits per heavy atom. The normalized spacial score (nSPS) is 13.6. The summed E-state index contributed by atoms with van der Waals surface area (Å²) in [6.07, 6.45) is 3.76. The fourth-order valence-electron chi connectivity index (χ4n) is 1.35. The van der Waals surface area contributed by atoms with Crippen molar-refractivity contribution in [2.45, 2.75) is 46.1 Å². The van der Waals surface area contributed by atoms with E-state index in [1.165, 1.54) is 25.8 Å². The summed E-state index contributed by atoms with van der Waals surface area (Å²) in [4.78, 5) is 0. The summed E-state index contributed by atoms with van der Waals surface area (Å²) in [5.74, 6) is 0.814. The maximum atomic E-state index is 3.60. The van der Waals surface area contributed by atoms with Gasteiger partial charge in [-0.25, -0.2) is 0 Å². The molecular weight excluding hydrogens is 160 g/mol. The summed E-state index contributed by atoms with van der Waals surface area (Å²) in [6, 6.07) is 0.700. The summed E-state index contributed by atoms with van der Waals surface area (Å²) in [5.41, 5.74) is 0. The molecule has 0 aromatic rings. The quantitative estimate of drug-likeness (QED) is 0.606. The highest BCUT2D eigenvalue weighted by Gasteiger charge is 2.04. The lowest BCUT2D eigenvalue weighted by atomic mass is 10.1. The van der Waals surface area contributed by atoms with Crippen LogP contribution in [-0.4, -0.2) is 26.2 Å². The molecule has 1 unspecified atom stereocenters. The van der Waals surface area contributed by atoms with Crippen LogP contribution in [0.15, 0.2) is 0 Å². The van der Waals surface area contributed by atoms with E-state index in [0.717, 1.165) is 12.5 Å². The Kier molecular flexibility index (Phi) is 8.46.